The van der Waals surface area contributed by atoms with Crippen LogP contribution < -0.4 is 5.32 Å². The van der Waals surface area contributed by atoms with E-state index in [0.29, 0.717) is 28.5 Å². The van der Waals surface area contributed by atoms with E-state index in [9.17, 15) is 4.79 Å². The number of para-hydroxylation sites is 1. The number of hydrogen-bond donors (Lipinski definition) is 1. The summed E-state index contributed by atoms with van der Waals surface area (Å²) >= 11 is 0. The van der Waals surface area contributed by atoms with Gasteiger partial charge in [-0.05, 0) is 24.3 Å². The first-order valence-electron chi connectivity index (χ1n) is 7.44. The normalized spacial score (nSPS) is 10.7. The highest BCUT2D eigenvalue weighted by molar-refractivity contribution is 6.05. The number of amides is 1. The zero-order valence-electron chi connectivity index (χ0n) is 13.0. The zero-order valence-corrected chi connectivity index (χ0v) is 13.0. The highest BCUT2D eigenvalue weighted by atomic mass is 16.5. The van der Waals surface area contributed by atoms with Crippen LogP contribution in [0.25, 0.3) is 11.5 Å². The summed E-state index contributed by atoms with van der Waals surface area (Å²) in [6.45, 7) is 4.00. The Morgan fingerprint density at radius 3 is 2.43 bits per heavy atom. The second-order valence-corrected chi connectivity index (χ2v) is 5.48. The topological polar surface area (TPSA) is 68.0 Å². The van der Waals surface area contributed by atoms with E-state index in [1.54, 1.807) is 12.1 Å². The summed E-state index contributed by atoms with van der Waals surface area (Å²) in [7, 11) is 0. The lowest BCUT2D eigenvalue weighted by Gasteiger charge is -2.08. The number of carbonyl (C=O) groups is 1. The Morgan fingerprint density at radius 2 is 1.74 bits per heavy atom. The standard InChI is InChI=1S/C18H17N3O2/c1-12(2)16-20-18(23-21-16)14-10-6-7-11-15(14)19-17(22)13-8-4-3-5-9-13/h3-12H,1-2H3,(H,19,22). The van der Waals surface area contributed by atoms with Gasteiger partial charge in [-0.15, -0.1) is 0 Å². The molecular formula is C18H17N3O2. The van der Waals surface area contributed by atoms with Crippen molar-refractivity contribution in [3.05, 3.63) is 66.0 Å². The lowest BCUT2D eigenvalue weighted by molar-refractivity contribution is 0.102. The maximum Gasteiger partial charge on any atom is 0.260 e. The molecule has 116 valence electrons. The number of rotatable bonds is 4. The molecule has 0 spiro atoms. The van der Waals surface area contributed by atoms with Crippen LogP contribution in [0.4, 0.5) is 5.69 Å². The minimum atomic E-state index is -0.179. The Balaban J connectivity index is 1.90. The van der Waals surface area contributed by atoms with Gasteiger partial charge in [0, 0.05) is 11.5 Å². The van der Waals surface area contributed by atoms with Crippen molar-refractivity contribution < 1.29 is 9.32 Å². The van der Waals surface area contributed by atoms with Crippen molar-refractivity contribution in [3.63, 3.8) is 0 Å². The molecule has 5 nitrogen and oxygen atoms in total. The summed E-state index contributed by atoms with van der Waals surface area (Å²) < 4.78 is 5.33. The van der Waals surface area contributed by atoms with E-state index in [1.807, 2.05) is 56.3 Å². The molecule has 1 N–H and O–H groups in total. The monoisotopic (exact) mass is 307 g/mol. The summed E-state index contributed by atoms with van der Waals surface area (Å²) in [5.41, 5.74) is 1.94. The Bertz CT molecular complexity index is 810. The zero-order chi connectivity index (χ0) is 16.2. The highest BCUT2D eigenvalue weighted by Gasteiger charge is 2.16. The molecule has 2 aromatic carbocycles. The fourth-order valence-corrected chi connectivity index (χ4v) is 2.14. The van der Waals surface area contributed by atoms with Crippen LogP contribution in [0.3, 0.4) is 0 Å². The van der Waals surface area contributed by atoms with Crippen LogP contribution in [-0.4, -0.2) is 16.0 Å². The molecule has 1 aromatic heterocycles. The van der Waals surface area contributed by atoms with Crippen LogP contribution >= 0.6 is 0 Å². The van der Waals surface area contributed by atoms with Gasteiger partial charge >= 0.3 is 0 Å². The molecule has 1 amide bonds. The molecule has 0 saturated heterocycles. The predicted molar refractivity (Wildman–Crippen MR) is 88.2 cm³/mol. The minimum absolute atomic E-state index is 0.179. The molecule has 0 unspecified atom stereocenters. The number of benzene rings is 2. The summed E-state index contributed by atoms with van der Waals surface area (Å²) in [5.74, 6) is 1.04. The maximum atomic E-state index is 12.3. The molecule has 0 bridgehead atoms. The molecule has 0 aliphatic rings. The summed E-state index contributed by atoms with van der Waals surface area (Å²) in [6.07, 6.45) is 0. The van der Waals surface area contributed by atoms with Crippen molar-refractivity contribution in [1.29, 1.82) is 0 Å². The number of carbonyl (C=O) groups excluding carboxylic acids is 1. The van der Waals surface area contributed by atoms with Crippen LogP contribution in [0.15, 0.2) is 59.1 Å². The second kappa shape index (κ2) is 6.44. The Labute approximate surface area is 134 Å². The lowest BCUT2D eigenvalue weighted by atomic mass is 10.1. The van der Waals surface area contributed by atoms with E-state index in [1.165, 1.54) is 0 Å². The summed E-state index contributed by atoms with van der Waals surface area (Å²) in [5, 5.41) is 6.87. The average Bonchev–Trinajstić information content (AvgIpc) is 3.06. The van der Waals surface area contributed by atoms with E-state index in [0.717, 1.165) is 0 Å². The largest absolute Gasteiger partial charge is 0.334 e. The highest BCUT2D eigenvalue weighted by Crippen LogP contribution is 2.27. The number of nitrogens with zero attached hydrogens (tertiary/aromatic N) is 2. The van der Waals surface area contributed by atoms with Crippen LogP contribution in [-0.2, 0) is 0 Å². The van der Waals surface area contributed by atoms with Gasteiger partial charge in [-0.3, -0.25) is 4.79 Å². The average molecular weight is 307 g/mol. The number of hydrogen-bond acceptors (Lipinski definition) is 4. The van der Waals surface area contributed by atoms with Crippen LogP contribution in [0.1, 0.15) is 35.9 Å². The van der Waals surface area contributed by atoms with E-state index in [-0.39, 0.29) is 11.8 Å². The van der Waals surface area contributed by atoms with Gasteiger partial charge in [0.25, 0.3) is 11.8 Å². The molecular weight excluding hydrogens is 290 g/mol. The van der Waals surface area contributed by atoms with Gasteiger partial charge in [0.2, 0.25) is 0 Å². The van der Waals surface area contributed by atoms with E-state index in [4.69, 9.17) is 4.52 Å². The molecule has 1 heterocycles. The third-order valence-corrected chi connectivity index (χ3v) is 3.40. The lowest BCUT2D eigenvalue weighted by Crippen LogP contribution is -2.12. The number of aromatic nitrogens is 2. The Hall–Kier alpha value is -2.95. The SMILES string of the molecule is CC(C)c1noc(-c2ccccc2NC(=O)c2ccccc2)n1. The smallest absolute Gasteiger partial charge is 0.260 e. The number of nitrogens with one attached hydrogen (secondary N) is 1. The second-order valence-electron chi connectivity index (χ2n) is 5.48. The molecule has 3 rings (SSSR count). The Kier molecular flexibility index (Phi) is 4.19. The van der Waals surface area contributed by atoms with Gasteiger partial charge in [0.05, 0.1) is 11.3 Å². The summed E-state index contributed by atoms with van der Waals surface area (Å²) in [4.78, 5) is 16.7. The van der Waals surface area contributed by atoms with Gasteiger partial charge in [-0.2, -0.15) is 4.98 Å². The Morgan fingerprint density at radius 1 is 1.04 bits per heavy atom. The van der Waals surface area contributed by atoms with Gasteiger partial charge in [-0.25, -0.2) is 0 Å². The maximum absolute atomic E-state index is 12.3. The van der Waals surface area contributed by atoms with Gasteiger partial charge < -0.3 is 9.84 Å². The van der Waals surface area contributed by atoms with Crippen LogP contribution in [0, 0.1) is 0 Å². The van der Waals surface area contributed by atoms with Crippen molar-refractivity contribution >= 4 is 11.6 Å². The molecule has 0 saturated carbocycles. The molecule has 0 aliphatic heterocycles. The molecule has 5 heteroatoms. The minimum Gasteiger partial charge on any atom is -0.334 e. The quantitative estimate of drug-likeness (QED) is 0.787. The van der Waals surface area contributed by atoms with E-state index >= 15 is 0 Å². The number of anilines is 1. The van der Waals surface area contributed by atoms with Gasteiger partial charge in [0.15, 0.2) is 5.82 Å². The first-order valence-corrected chi connectivity index (χ1v) is 7.44. The van der Waals surface area contributed by atoms with Crippen molar-refractivity contribution in [2.24, 2.45) is 0 Å². The molecule has 0 aliphatic carbocycles. The fraction of sp³-hybridized carbons (Fsp3) is 0.167. The van der Waals surface area contributed by atoms with Crippen molar-refractivity contribution in [1.82, 2.24) is 10.1 Å². The fourth-order valence-electron chi connectivity index (χ4n) is 2.14. The summed E-state index contributed by atoms with van der Waals surface area (Å²) in [6, 6.07) is 16.4. The van der Waals surface area contributed by atoms with E-state index in [2.05, 4.69) is 15.5 Å². The van der Waals surface area contributed by atoms with Gasteiger partial charge in [-0.1, -0.05) is 49.3 Å². The van der Waals surface area contributed by atoms with Crippen molar-refractivity contribution in [2.75, 3.05) is 5.32 Å². The third kappa shape index (κ3) is 3.29. The molecule has 0 atom stereocenters. The van der Waals surface area contributed by atoms with Crippen molar-refractivity contribution in [2.45, 2.75) is 19.8 Å². The van der Waals surface area contributed by atoms with Crippen LogP contribution in [0.2, 0.25) is 0 Å². The van der Waals surface area contributed by atoms with Crippen molar-refractivity contribution in [3.8, 4) is 11.5 Å². The van der Waals surface area contributed by atoms with E-state index < -0.39 is 0 Å². The third-order valence-electron chi connectivity index (χ3n) is 3.40. The molecule has 0 radical (unpaired) electrons. The predicted octanol–water partition coefficient (Wildman–Crippen LogP) is 4.11. The molecule has 3 aromatic rings. The molecule has 0 fully saturated rings. The van der Waals surface area contributed by atoms with Crippen LogP contribution in [0.5, 0.6) is 0 Å². The van der Waals surface area contributed by atoms with Gasteiger partial charge in [0.1, 0.15) is 0 Å². The first-order chi connectivity index (χ1) is 11.1. The molecule has 23 heavy (non-hydrogen) atoms. The first kappa shape index (κ1) is 15.0.